The van der Waals surface area contributed by atoms with E-state index in [1.807, 2.05) is 20.8 Å². The van der Waals surface area contributed by atoms with Crippen molar-refractivity contribution < 1.29 is 4.39 Å². The Bertz CT molecular complexity index is 263. The Morgan fingerprint density at radius 2 is 2.00 bits per heavy atom. The van der Waals surface area contributed by atoms with E-state index >= 15 is 0 Å². The second-order valence-corrected chi connectivity index (χ2v) is 3.94. The van der Waals surface area contributed by atoms with Crippen LogP contribution in [0.4, 0.5) is 4.39 Å². The molecule has 0 radical (unpaired) electrons. The summed E-state index contributed by atoms with van der Waals surface area (Å²) in [7, 11) is 0. The van der Waals surface area contributed by atoms with Gasteiger partial charge in [-0.25, -0.2) is 4.68 Å². The maximum atomic E-state index is 12.4. The van der Waals surface area contributed by atoms with Gasteiger partial charge in [-0.15, -0.1) is 5.10 Å². The van der Waals surface area contributed by atoms with Crippen molar-refractivity contribution in [2.75, 3.05) is 0 Å². The van der Waals surface area contributed by atoms with Crippen LogP contribution in [0.2, 0.25) is 0 Å². The van der Waals surface area contributed by atoms with Gasteiger partial charge in [0.2, 0.25) is 0 Å². The lowest BCUT2D eigenvalue weighted by atomic mass is 10.1. The summed E-state index contributed by atoms with van der Waals surface area (Å²) in [6, 6.07) is 0. The van der Waals surface area contributed by atoms with E-state index in [9.17, 15) is 4.39 Å². The first-order valence-electron chi connectivity index (χ1n) is 3.20. The number of nitrogens with zero attached hydrogens (tertiary/aromatic N) is 3. The molecule has 0 saturated heterocycles. The predicted octanol–water partition coefficient (Wildman–Crippen LogP) is 1.93. The molecule has 1 aromatic heterocycles. The summed E-state index contributed by atoms with van der Waals surface area (Å²) in [5, 5.41) is 3.57. The lowest BCUT2D eigenvalue weighted by Gasteiger charge is -2.18. The van der Waals surface area contributed by atoms with Gasteiger partial charge < -0.3 is 0 Å². The highest BCUT2D eigenvalue weighted by Gasteiger charge is 2.19. The largest absolute Gasteiger partial charge is 0.328 e. The van der Waals surface area contributed by atoms with Gasteiger partial charge in [0.05, 0.1) is 5.54 Å². The molecule has 0 aliphatic rings. The highest BCUT2D eigenvalue weighted by Crippen LogP contribution is 2.18. The van der Waals surface area contributed by atoms with E-state index in [2.05, 4.69) is 26.0 Å². The molecule has 0 amide bonds. The third-order valence-corrected chi connectivity index (χ3v) is 1.69. The monoisotopic (exact) mass is 221 g/mol. The van der Waals surface area contributed by atoms with Crippen molar-refractivity contribution in [3.63, 3.8) is 0 Å². The van der Waals surface area contributed by atoms with Crippen molar-refractivity contribution in [2.45, 2.75) is 26.3 Å². The van der Waals surface area contributed by atoms with Crippen LogP contribution < -0.4 is 0 Å². The number of rotatable bonds is 0. The fourth-order valence-electron chi connectivity index (χ4n) is 0.696. The molecule has 3 nitrogen and oxygen atoms in total. The van der Waals surface area contributed by atoms with Crippen LogP contribution in [-0.4, -0.2) is 14.8 Å². The molecule has 0 saturated carbocycles. The Balaban J connectivity index is 3.13. The molecule has 1 heterocycles. The van der Waals surface area contributed by atoms with Crippen molar-refractivity contribution in [3.8, 4) is 0 Å². The van der Waals surface area contributed by atoms with E-state index in [1.54, 1.807) is 0 Å². The Morgan fingerprint density at radius 1 is 1.45 bits per heavy atom. The molecule has 1 aromatic rings. The highest BCUT2D eigenvalue weighted by molar-refractivity contribution is 9.10. The van der Waals surface area contributed by atoms with E-state index in [-0.39, 0.29) is 5.54 Å². The molecular formula is C6H9BrFN3. The molecule has 0 aliphatic heterocycles. The van der Waals surface area contributed by atoms with Crippen LogP contribution in [0.15, 0.2) is 4.73 Å². The summed E-state index contributed by atoms with van der Waals surface area (Å²) < 4.78 is 14.4. The van der Waals surface area contributed by atoms with Gasteiger partial charge in [0.1, 0.15) is 0 Å². The van der Waals surface area contributed by atoms with Crippen molar-refractivity contribution in [1.29, 1.82) is 0 Å². The minimum atomic E-state index is -0.702. The minimum Gasteiger partial charge on any atom is -0.232 e. The molecule has 62 valence electrons. The molecule has 5 heteroatoms. The van der Waals surface area contributed by atoms with Crippen LogP contribution in [0.25, 0.3) is 0 Å². The first kappa shape index (κ1) is 8.64. The Hall–Kier alpha value is -0.450. The van der Waals surface area contributed by atoms with Crippen LogP contribution >= 0.6 is 15.9 Å². The van der Waals surface area contributed by atoms with Gasteiger partial charge >= 0.3 is 6.08 Å². The molecule has 0 aliphatic carbocycles. The Kier molecular flexibility index (Phi) is 2.00. The van der Waals surface area contributed by atoms with Crippen LogP contribution in [-0.2, 0) is 5.54 Å². The normalized spacial score (nSPS) is 12.1. The fourth-order valence-corrected chi connectivity index (χ4v) is 1.45. The topological polar surface area (TPSA) is 30.7 Å². The molecule has 0 bridgehead atoms. The first-order chi connectivity index (χ1) is 4.91. The number of hydrogen-bond acceptors (Lipinski definition) is 2. The molecule has 1 rings (SSSR count). The van der Waals surface area contributed by atoms with Gasteiger partial charge in [-0.2, -0.15) is 9.37 Å². The van der Waals surface area contributed by atoms with Gasteiger partial charge in [0.15, 0.2) is 4.73 Å². The quantitative estimate of drug-likeness (QED) is 0.671. The maximum Gasteiger partial charge on any atom is 0.328 e. The van der Waals surface area contributed by atoms with Gasteiger partial charge in [-0.3, -0.25) is 0 Å². The summed E-state index contributed by atoms with van der Waals surface area (Å²) in [5.41, 5.74) is -0.240. The lowest BCUT2D eigenvalue weighted by Crippen LogP contribution is -2.23. The van der Waals surface area contributed by atoms with E-state index in [1.165, 1.54) is 4.68 Å². The number of aromatic nitrogens is 3. The van der Waals surface area contributed by atoms with Crippen LogP contribution in [0, 0.1) is 6.08 Å². The summed E-state index contributed by atoms with van der Waals surface area (Å²) in [5.74, 6) is 0. The average Bonchev–Trinajstić information content (AvgIpc) is 2.08. The third kappa shape index (κ3) is 1.77. The average molecular weight is 222 g/mol. The first-order valence-corrected chi connectivity index (χ1v) is 3.99. The summed E-state index contributed by atoms with van der Waals surface area (Å²) >= 11 is 3.10. The van der Waals surface area contributed by atoms with E-state index in [0.717, 1.165) is 0 Å². The molecule has 0 atom stereocenters. The highest BCUT2D eigenvalue weighted by atomic mass is 79.9. The van der Waals surface area contributed by atoms with Gasteiger partial charge in [-0.05, 0) is 36.7 Å². The standard InChI is InChI=1S/C6H9BrFN3/c1-6(2,3)11-4(7)9-5(8)10-11/h1-3H3. The van der Waals surface area contributed by atoms with Gasteiger partial charge in [0.25, 0.3) is 0 Å². The van der Waals surface area contributed by atoms with Crippen LogP contribution in [0.5, 0.6) is 0 Å². The second-order valence-electron chi connectivity index (χ2n) is 3.23. The van der Waals surface area contributed by atoms with Crippen molar-refractivity contribution in [1.82, 2.24) is 14.8 Å². The molecule has 0 aromatic carbocycles. The van der Waals surface area contributed by atoms with Crippen molar-refractivity contribution in [3.05, 3.63) is 10.8 Å². The van der Waals surface area contributed by atoms with Crippen LogP contribution in [0.3, 0.4) is 0 Å². The maximum absolute atomic E-state index is 12.4. The molecule has 0 spiro atoms. The molecule has 0 fully saturated rings. The van der Waals surface area contributed by atoms with E-state index in [4.69, 9.17) is 0 Å². The fraction of sp³-hybridized carbons (Fsp3) is 0.667. The summed E-state index contributed by atoms with van der Waals surface area (Å²) in [6.45, 7) is 5.77. The second kappa shape index (κ2) is 2.55. The third-order valence-electron chi connectivity index (χ3n) is 1.18. The zero-order valence-electron chi connectivity index (χ0n) is 6.60. The lowest BCUT2D eigenvalue weighted by molar-refractivity contribution is 0.336. The number of halogens is 2. The Morgan fingerprint density at radius 3 is 2.18 bits per heavy atom. The smallest absolute Gasteiger partial charge is 0.232 e. The molecule has 11 heavy (non-hydrogen) atoms. The van der Waals surface area contributed by atoms with Crippen molar-refractivity contribution >= 4 is 15.9 Å². The zero-order chi connectivity index (χ0) is 8.65. The Labute approximate surface area is 72.8 Å². The van der Waals surface area contributed by atoms with Gasteiger partial charge in [0, 0.05) is 0 Å². The van der Waals surface area contributed by atoms with Gasteiger partial charge in [-0.1, -0.05) is 0 Å². The molecular weight excluding hydrogens is 213 g/mol. The van der Waals surface area contributed by atoms with Crippen LogP contribution in [0.1, 0.15) is 20.8 Å². The predicted molar refractivity (Wildman–Crippen MR) is 42.7 cm³/mol. The van der Waals surface area contributed by atoms with Crippen molar-refractivity contribution in [2.24, 2.45) is 0 Å². The summed E-state index contributed by atoms with van der Waals surface area (Å²) in [6.07, 6.45) is -0.702. The number of hydrogen-bond donors (Lipinski definition) is 0. The minimum absolute atomic E-state index is 0.240. The van der Waals surface area contributed by atoms with E-state index in [0.29, 0.717) is 4.73 Å². The molecule has 0 N–H and O–H groups in total. The van der Waals surface area contributed by atoms with E-state index < -0.39 is 6.08 Å². The zero-order valence-corrected chi connectivity index (χ0v) is 8.18. The summed E-state index contributed by atoms with van der Waals surface area (Å²) in [4.78, 5) is 3.48. The molecule has 0 unspecified atom stereocenters. The SMILES string of the molecule is CC(C)(C)n1nc(F)nc1Br.